The van der Waals surface area contributed by atoms with Crippen molar-refractivity contribution < 1.29 is 9.21 Å². The zero-order valence-corrected chi connectivity index (χ0v) is 17.3. The van der Waals surface area contributed by atoms with Gasteiger partial charge in [-0.15, -0.1) is 10.2 Å². The van der Waals surface area contributed by atoms with E-state index in [4.69, 9.17) is 4.42 Å². The van der Waals surface area contributed by atoms with Crippen molar-refractivity contribution in [3.05, 3.63) is 54.5 Å². The lowest BCUT2D eigenvalue weighted by atomic mass is 10.1. The molecule has 0 bridgehead atoms. The molecule has 0 aliphatic carbocycles. The van der Waals surface area contributed by atoms with Crippen molar-refractivity contribution >= 4 is 23.6 Å². The van der Waals surface area contributed by atoms with Crippen molar-refractivity contribution in [3.8, 4) is 5.69 Å². The number of amides is 1. The Balaban J connectivity index is 1.53. The van der Waals surface area contributed by atoms with Crippen LogP contribution in [0.15, 0.2) is 58.3 Å². The standard InChI is InChI=1S/C21H25N5O2S/c1-16(19(27)22-15-18-11-8-14-28-18)29-21-24-23-20(25-12-6-3-7-13-25)26(21)17-9-4-2-5-10-17/h2,4-5,8-11,14,16H,3,6-7,12-13,15H2,1H3,(H,22,27)/t16-/m0/s1. The number of nitrogens with zero attached hydrogens (tertiary/aromatic N) is 4. The van der Waals surface area contributed by atoms with Gasteiger partial charge in [-0.25, -0.2) is 0 Å². The fourth-order valence-corrected chi connectivity index (χ4v) is 4.27. The van der Waals surface area contributed by atoms with E-state index in [1.165, 1.54) is 18.2 Å². The average Bonchev–Trinajstić information content (AvgIpc) is 3.43. The van der Waals surface area contributed by atoms with Gasteiger partial charge in [-0.05, 0) is 50.5 Å². The highest BCUT2D eigenvalue weighted by Crippen LogP contribution is 2.30. The van der Waals surface area contributed by atoms with Gasteiger partial charge in [-0.1, -0.05) is 30.0 Å². The van der Waals surface area contributed by atoms with Crippen LogP contribution in [-0.4, -0.2) is 39.0 Å². The smallest absolute Gasteiger partial charge is 0.233 e. The third kappa shape index (κ3) is 4.64. The fraction of sp³-hybridized carbons (Fsp3) is 0.381. The molecule has 3 aromatic rings. The molecule has 0 saturated carbocycles. The first-order valence-corrected chi connectivity index (χ1v) is 10.8. The van der Waals surface area contributed by atoms with Crippen LogP contribution < -0.4 is 10.2 Å². The molecule has 29 heavy (non-hydrogen) atoms. The lowest BCUT2D eigenvalue weighted by Gasteiger charge is -2.28. The third-order valence-corrected chi connectivity index (χ3v) is 5.98. The summed E-state index contributed by atoms with van der Waals surface area (Å²) >= 11 is 1.42. The number of hydrogen-bond acceptors (Lipinski definition) is 6. The number of carbonyl (C=O) groups excluding carboxylic acids is 1. The van der Waals surface area contributed by atoms with E-state index in [0.29, 0.717) is 6.54 Å². The van der Waals surface area contributed by atoms with Gasteiger partial charge in [0.1, 0.15) is 5.76 Å². The van der Waals surface area contributed by atoms with Gasteiger partial charge in [0.05, 0.1) is 23.7 Å². The largest absolute Gasteiger partial charge is 0.467 e. The minimum absolute atomic E-state index is 0.0615. The molecule has 0 spiro atoms. The highest BCUT2D eigenvalue weighted by atomic mass is 32.2. The number of benzene rings is 1. The van der Waals surface area contributed by atoms with Crippen molar-refractivity contribution in [2.75, 3.05) is 18.0 Å². The average molecular weight is 412 g/mol. The second-order valence-electron chi connectivity index (χ2n) is 7.06. The van der Waals surface area contributed by atoms with Crippen LogP contribution in [0.2, 0.25) is 0 Å². The van der Waals surface area contributed by atoms with Crippen LogP contribution in [0.25, 0.3) is 5.69 Å². The van der Waals surface area contributed by atoms with Gasteiger partial charge >= 0.3 is 0 Å². The van der Waals surface area contributed by atoms with Crippen LogP contribution in [0.5, 0.6) is 0 Å². The van der Waals surface area contributed by atoms with Crippen molar-refractivity contribution in [3.63, 3.8) is 0 Å². The highest BCUT2D eigenvalue weighted by Gasteiger charge is 2.24. The van der Waals surface area contributed by atoms with Crippen molar-refractivity contribution in [2.24, 2.45) is 0 Å². The number of nitrogens with one attached hydrogen (secondary N) is 1. The van der Waals surface area contributed by atoms with Crippen molar-refractivity contribution in [1.82, 2.24) is 20.1 Å². The van der Waals surface area contributed by atoms with E-state index in [1.54, 1.807) is 6.26 Å². The lowest BCUT2D eigenvalue weighted by molar-refractivity contribution is -0.120. The second-order valence-corrected chi connectivity index (χ2v) is 8.37. The van der Waals surface area contributed by atoms with Crippen LogP contribution >= 0.6 is 11.8 Å². The van der Waals surface area contributed by atoms with E-state index in [0.717, 1.165) is 48.5 Å². The second kappa shape index (κ2) is 9.17. The third-order valence-electron chi connectivity index (χ3n) is 4.94. The summed E-state index contributed by atoms with van der Waals surface area (Å²) in [6.45, 7) is 4.22. The van der Waals surface area contributed by atoms with Gasteiger partial charge in [0, 0.05) is 13.1 Å². The molecule has 2 aromatic heterocycles. The van der Waals surface area contributed by atoms with Gasteiger partial charge in [-0.3, -0.25) is 9.36 Å². The maximum absolute atomic E-state index is 12.6. The molecule has 8 heteroatoms. The summed E-state index contributed by atoms with van der Waals surface area (Å²) in [4.78, 5) is 14.8. The Bertz CT molecular complexity index is 920. The molecule has 0 radical (unpaired) electrons. The van der Waals surface area contributed by atoms with Crippen molar-refractivity contribution in [1.29, 1.82) is 0 Å². The predicted octanol–water partition coefficient (Wildman–Crippen LogP) is 3.65. The number of furan rings is 1. The quantitative estimate of drug-likeness (QED) is 0.598. The van der Waals surface area contributed by atoms with E-state index < -0.39 is 0 Å². The Morgan fingerprint density at radius 1 is 1.14 bits per heavy atom. The first-order chi connectivity index (χ1) is 14.2. The molecule has 1 N–H and O–H groups in total. The van der Waals surface area contributed by atoms with Crippen LogP contribution in [0.1, 0.15) is 31.9 Å². The zero-order valence-electron chi connectivity index (χ0n) is 16.5. The van der Waals surface area contributed by atoms with Gasteiger partial charge in [0.25, 0.3) is 0 Å². The first kappa shape index (κ1) is 19.6. The van der Waals surface area contributed by atoms with E-state index in [-0.39, 0.29) is 11.2 Å². The summed E-state index contributed by atoms with van der Waals surface area (Å²) in [5, 5.41) is 12.2. The molecule has 7 nitrogen and oxygen atoms in total. The summed E-state index contributed by atoms with van der Waals surface area (Å²) in [5.74, 6) is 1.52. The molecule has 3 heterocycles. The Hall–Kier alpha value is -2.74. The fourth-order valence-electron chi connectivity index (χ4n) is 3.38. The number of anilines is 1. The molecule has 1 amide bonds. The molecule has 1 fully saturated rings. The zero-order chi connectivity index (χ0) is 20.1. The number of hydrogen-bond donors (Lipinski definition) is 1. The minimum Gasteiger partial charge on any atom is -0.467 e. The Morgan fingerprint density at radius 2 is 1.93 bits per heavy atom. The van der Waals surface area contributed by atoms with Crippen LogP contribution in [-0.2, 0) is 11.3 Å². The number of piperidine rings is 1. The Kier molecular flexibility index (Phi) is 6.19. The number of carbonyl (C=O) groups is 1. The predicted molar refractivity (Wildman–Crippen MR) is 113 cm³/mol. The maximum atomic E-state index is 12.6. The van der Waals surface area contributed by atoms with Crippen LogP contribution in [0.4, 0.5) is 5.95 Å². The van der Waals surface area contributed by atoms with E-state index in [1.807, 2.05) is 49.4 Å². The molecule has 152 valence electrons. The number of thioether (sulfide) groups is 1. The van der Waals surface area contributed by atoms with Gasteiger partial charge < -0.3 is 14.6 Å². The van der Waals surface area contributed by atoms with E-state index in [2.05, 4.69) is 25.0 Å². The number of para-hydroxylation sites is 1. The topological polar surface area (TPSA) is 76.2 Å². The van der Waals surface area contributed by atoms with Crippen LogP contribution in [0, 0.1) is 0 Å². The molecular weight excluding hydrogens is 386 g/mol. The summed E-state index contributed by atoms with van der Waals surface area (Å²) in [7, 11) is 0. The summed E-state index contributed by atoms with van der Waals surface area (Å²) in [6.07, 6.45) is 5.18. The summed E-state index contributed by atoms with van der Waals surface area (Å²) in [5.41, 5.74) is 1.00. The Labute approximate surface area is 174 Å². The normalized spacial score (nSPS) is 15.3. The maximum Gasteiger partial charge on any atom is 0.233 e. The Morgan fingerprint density at radius 3 is 2.66 bits per heavy atom. The van der Waals surface area contributed by atoms with E-state index in [9.17, 15) is 4.79 Å². The van der Waals surface area contributed by atoms with Crippen molar-refractivity contribution in [2.45, 2.75) is 43.1 Å². The first-order valence-electron chi connectivity index (χ1n) is 9.95. The highest BCUT2D eigenvalue weighted by molar-refractivity contribution is 8.00. The summed E-state index contributed by atoms with van der Waals surface area (Å²) < 4.78 is 7.34. The molecule has 1 atom stereocenters. The van der Waals surface area contributed by atoms with Gasteiger partial charge in [-0.2, -0.15) is 0 Å². The summed E-state index contributed by atoms with van der Waals surface area (Å²) in [6, 6.07) is 13.7. The lowest BCUT2D eigenvalue weighted by Crippen LogP contribution is -2.32. The molecule has 1 saturated heterocycles. The number of rotatable bonds is 7. The SMILES string of the molecule is C[C@H](Sc1nnc(N2CCCCC2)n1-c1ccccc1)C(=O)NCc1ccco1. The monoisotopic (exact) mass is 411 g/mol. The molecule has 1 aliphatic rings. The van der Waals surface area contributed by atoms with Crippen LogP contribution in [0.3, 0.4) is 0 Å². The minimum atomic E-state index is -0.314. The molecule has 1 aromatic carbocycles. The van der Waals surface area contributed by atoms with E-state index >= 15 is 0 Å². The number of aromatic nitrogens is 3. The molecule has 1 aliphatic heterocycles. The van der Waals surface area contributed by atoms with Gasteiger partial charge in [0.15, 0.2) is 5.16 Å². The molecule has 0 unspecified atom stereocenters. The molecular formula is C21H25N5O2S. The van der Waals surface area contributed by atoms with Gasteiger partial charge in [0.2, 0.25) is 11.9 Å². The molecule has 4 rings (SSSR count).